The summed E-state index contributed by atoms with van der Waals surface area (Å²) in [6.07, 6.45) is 0. The van der Waals surface area contributed by atoms with Gasteiger partial charge in [-0.25, -0.2) is 4.39 Å². The summed E-state index contributed by atoms with van der Waals surface area (Å²) in [5.74, 6) is 0.422. The predicted molar refractivity (Wildman–Crippen MR) is 101 cm³/mol. The lowest BCUT2D eigenvalue weighted by Gasteiger charge is -2.09. The second kappa shape index (κ2) is 6.88. The molecule has 0 atom stereocenters. The molecule has 0 unspecified atom stereocenters. The maximum Gasteiger partial charge on any atom is 0.134 e. The van der Waals surface area contributed by atoms with Crippen LogP contribution in [0.3, 0.4) is 0 Å². The van der Waals surface area contributed by atoms with Crippen molar-refractivity contribution < 1.29 is 14.0 Å². The number of nitrogens with one attached hydrogen (secondary N) is 1. The van der Waals surface area contributed by atoms with Gasteiger partial charge >= 0.3 is 0 Å². The van der Waals surface area contributed by atoms with E-state index < -0.39 is 0 Å². The van der Waals surface area contributed by atoms with Crippen molar-refractivity contribution in [2.45, 2.75) is 0 Å². The van der Waals surface area contributed by atoms with E-state index in [0.717, 1.165) is 27.7 Å². The third-order valence-electron chi connectivity index (χ3n) is 4.23. The van der Waals surface area contributed by atoms with E-state index in [-0.39, 0.29) is 12.4 Å². The van der Waals surface area contributed by atoms with Crippen LogP contribution in [0.4, 0.5) is 4.39 Å². The number of nitrogens with zero attached hydrogens (tertiary/aromatic N) is 1. The summed E-state index contributed by atoms with van der Waals surface area (Å²) >= 11 is 0. The van der Waals surface area contributed by atoms with Gasteiger partial charge in [-0.3, -0.25) is 0 Å². The van der Waals surface area contributed by atoms with Crippen LogP contribution in [-0.4, -0.2) is 24.4 Å². The number of ether oxygens (including phenoxy) is 1. The molecule has 0 aliphatic carbocycles. The van der Waals surface area contributed by atoms with Crippen LogP contribution in [0, 0.1) is 5.82 Å². The molecule has 0 aliphatic rings. The van der Waals surface area contributed by atoms with E-state index in [1.807, 2.05) is 36.4 Å². The van der Waals surface area contributed by atoms with Crippen molar-refractivity contribution >= 4 is 27.5 Å². The number of oxime groups is 1. The van der Waals surface area contributed by atoms with E-state index >= 15 is 0 Å². The van der Waals surface area contributed by atoms with Crippen LogP contribution in [0.2, 0.25) is 0 Å². The van der Waals surface area contributed by atoms with Crippen LogP contribution in [-0.2, 0) is 4.84 Å². The standard InChI is InChI=1S/C21H17FN2O2/c1-25-24-21(14-6-8-15(22)9-7-14)13-26-16-10-11-18-17-4-2-3-5-19(17)23-20(18)12-16/h2-12,23H,13H2,1H3/b24-21+. The summed E-state index contributed by atoms with van der Waals surface area (Å²) in [4.78, 5) is 8.29. The summed E-state index contributed by atoms with van der Waals surface area (Å²) in [6, 6.07) is 20.2. The number of rotatable bonds is 5. The molecule has 0 saturated carbocycles. The van der Waals surface area contributed by atoms with Gasteiger partial charge in [-0.05, 0) is 42.5 Å². The van der Waals surface area contributed by atoms with Crippen LogP contribution in [0.5, 0.6) is 5.75 Å². The molecule has 0 bridgehead atoms. The number of H-pyrrole nitrogens is 1. The highest BCUT2D eigenvalue weighted by Crippen LogP contribution is 2.28. The van der Waals surface area contributed by atoms with Crippen molar-refractivity contribution in [2.75, 3.05) is 13.7 Å². The fraction of sp³-hybridized carbons (Fsp3) is 0.0952. The fourth-order valence-corrected chi connectivity index (χ4v) is 2.99. The SMILES string of the molecule is CO/N=C(\COc1ccc2c(c1)[nH]c1ccccc12)c1ccc(F)cc1. The first kappa shape index (κ1) is 16.1. The van der Waals surface area contributed by atoms with E-state index in [4.69, 9.17) is 9.57 Å². The van der Waals surface area contributed by atoms with E-state index in [1.54, 1.807) is 12.1 Å². The Kier molecular flexibility index (Phi) is 4.27. The van der Waals surface area contributed by atoms with E-state index in [0.29, 0.717) is 5.71 Å². The highest BCUT2D eigenvalue weighted by molar-refractivity contribution is 6.07. The molecule has 26 heavy (non-hydrogen) atoms. The monoisotopic (exact) mass is 348 g/mol. The normalized spacial score (nSPS) is 11.8. The Morgan fingerprint density at radius 3 is 2.54 bits per heavy atom. The zero-order valence-corrected chi connectivity index (χ0v) is 14.2. The Hall–Kier alpha value is -3.34. The second-order valence-electron chi connectivity index (χ2n) is 5.89. The molecule has 0 radical (unpaired) electrons. The number of hydrogen-bond donors (Lipinski definition) is 1. The molecule has 4 rings (SSSR count). The van der Waals surface area contributed by atoms with Crippen molar-refractivity contribution in [2.24, 2.45) is 5.16 Å². The van der Waals surface area contributed by atoms with Crippen molar-refractivity contribution in [3.8, 4) is 5.75 Å². The van der Waals surface area contributed by atoms with Crippen LogP contribution in [0.25, 0.3) is 21.8 Å². The Balaban J connectivity index is 1.58. The molecule has 0 fully saturated rings. The van der Waals surface area contributed by atoms with E-state index in [1.165, 1.54) is 24.6 Å². The Labute approximate surface area is 149 Å². The quantitative estimate of drug-likeness (QED) is 0.412. The van der Waals surface area contributed by atoms with Crippen LogP contribution in [0.15, 0.2) is 71.9 Å². The number of benzene rings is 3. The lowest BCUT2D eigenvalue weighted by atomic mass is 10.1. The van der Waals surface area contributed by atoms with Gasteiger partial charge in [-0.1, -0.05) is 23.4 Å². The molecule has 0 saturated heterocycles. The minimum atomic E-state index is -0.296. The molecular formula is C21H17FN2O2. The number of aromatic nitrogens is 1. The van der Waals surface area contributed by atoms with Gasteiger partial charge in [0.1, 0.15) is 31.0 Å². The maximum atomic E-state index is 13.1. The first-order valence-corrected chi connectivity index (χ1v) is 8.24. The van der Waals surface area contributed by atoms with Crippen LogP contribution in [0.1, 0.15) is 5.56 Å². The van der Waals surface area contributed by atoms with Gasteiger partial charge in [0.05, 0.1) is 5.52 Å². The van der Waals surface area contributed by atoms with Gasteiger partial charge in [0, 0.05) is 27.9 Å². The van der Waals surface area contributed by atoms with Gasteiger partial charge in [0.15, 0.2) is 0 Å². The fourth-order valence-electron chi connectivity index (χ4n) is 2.99. The minimum Gasteiger partial charge on any atom is -0.487 e. The Morgan fingerprint density at radius 1 is 0.962 bits per heavy atom. The van der Waals surface area contributed by atoms with Crippen molar-refractivity contribution in [1.29, 1.82) is 0 Å². The number of fused-ring (bicyclic) bond motifs is 3. The average molecular weight is 348 g/mol. The van der Waals surface area contributed by atoms with Crippen molar-refractivity contribution in [3.63, 3.8) is 0 Å². The highest BCUT2D eigenvalue weighted by Gasteiger charge is 2.09. The summed E-state index contributed by atoms with van der Waals surface area (Å²) in [5.41, 5.74) is 3.44. The van der Waals surface area contributed by atoms with Gasteiger partial charge in [-0.15, -0.1) is 0 Å². The third kappa shape index (κ3) is 3.11. The molecule has 4 nitrogen and oxygen atoms in total. The predicted octanol–water partition coefficient (Wildman–Crippen LogP) is 4.89. The molecule has 4 aromatic rings. The lowest BCUT2D eigenvalue weighted by Crippen LogP contribution is -2.13. The van der Waals surface area contributed by atoms with Crippen LogP contribution >= 0.6 is 0 Å². The third-order valence-corrected chi connectivity index (χ3v) is 4.23. The van der Waals surface area contributed by atoms with Crippen molar-refractivity contribution in [1.82, 2.24) is 4.98 Å². The van der Waals surface area contributed by atoms with Gasteiger partial charge < -0.3 is 14.6 Å². The molecule has 130 valence electrons. The van der Waals surface area contributed by atoms with Gasteiger partial charge in [0.2, 0.25) is 0 Å². The second-order valence-corrected chi connectivity index (χ2v) is 5.89. The molecule has 0 amide bonds. The number of aromatic amines is 1. The number of hydrogen-bond acceptors (Lipinski definition) is 3. The number of para-hydroxylation sites is 1. The highest BCUT2D eigenvalue weighted by atomic mass is 19.1. The van der Waals surface area contributed by atoms with Crippen LogP contribution < -0.4 is 4.74 Å². The first-order chi connectivity index (χ1) is 12.7. The summed E-state index contributed by atoms with van der Waals surface area (Å²) in [6.45, 7) is 0.213. The molecule has 1 N–H and O–H groups in total. The largest absolute Gasteiger partial charge is 0.487 e. The zero-order chi connectivity index (χ0) is 17.9. The van der Waals surface area contributed by atoms with Gasteiger partial charge in [0.25, 0.3) is 0 Å². The number of halogens is 1. The van der Waals surface area contributed by atoms with Crippen molar-refractivity contribution in [3.05, 3.63) is 78.1 Å². The lowest BCUT2D eigenvalue weighted by molar-refractivity contribution is 0.210. The molecular weight excluding hydrogens is 331 g/mol. The molecule has 3 aromatic carbocycles. The molecule has 1 aromatic heterocycles. The van der Waals surface area contributed by atoms with Gasteiger partial charge in [-0.2, -0.15) is 0 Å². The topological polar surface area (TPSA) is 46.6 Å². The summed E-state index contributed by atoms with van der Waals surface area (Å²) < 4.78 is 19.0. The Morgan fingerprint density at radius 2 is 1.73 bits per heavy atom. The minimum absolute atomic E-state index is 0.213. The first-order valence-electron chi connectivity index (χ1n) is 8.24. The molecule has 5 heteroatoms. The molecule has 0 aliphatic heterocycles. The molecule has 1 heterocycles. The zero-order valence-electron chi connectivity index (χ0n) is 14.2. The smallest absolute Gasteiger partial charge is 0.134 e. The average Bonchev–Trinajstić information content (AvgIpc) is 3.03. The van der Waals surface area contributed by atoms with E-state index in [2.05, 4.69) is 16.2 Å². The summed E-state index contributed by atoms with van der Waals surface area (Å²) in [7, 11) is 1.47. The maximum absolute atomic E-state index is 13.1. The molecule has 0 spiro atoms. The Bertz CT molecular complexity index is 1080. The van der Waals surface area contributed by atoms with E-state index in [9.17, 15) is 4.39 Å². The summed E-state index contributed by atoms with van der Waals surface area (Å²) in [5, 5.41) is 6.33.